The molecule has 2 aromatic heterocycles. The molecule has 0 saturated carbocycles. The van der Waals surface area contributed by atoms with Crippen LogP contribution in [-0.4, -0.2) is 77.6 Å². The first kappa shape index (κ1) is 22.5. The number of benzene rings is 1. The van der Waals surface area contributed by atoms with Crippen molar-refractivity contribution in [3.8, 4) is 5.75 Å². The van der Waals surface area contributed by atoms with E-state index in [0.29, 0.717) is 5.92 Å². The van der Waals surface area contributed by atoms with Crippen LogP contribution < -0.4 is 4.74 Å². The Morgan fingerprint density at radius 3 is 2.76 bits per heavy atom. The summed E-state index contributed by atoms with van der Waals surface area (Å²) in [5, 5.41) is 15.2. The molecular formula is C26H34N4O3S. The predicted molar refractivity (Wildman–Crippen MR) is 133 cm³/mol. The monoisotopic (exact) mass is 482 g/mol. The number of ether oxygens (including phenoxy) is 2. The molecule has 8 heteroatoms. The number of nitrogens with zero attached hydrogens (tertiary/aromatic N) is 4. The maximum Gasteiger partial charge on any atom is 0.120 e. The van der Waals surface area contributed by atoms with Crippen LogP contribution in [0.25, 0.3) is 10.9 Å². The predicted octanol–water partition coefficient (Wildman–Crippen LogP) is 3.17. The topological polar surface area (TPSA) is 63.0 Å². The third-order valence-electron chi connectivity index (χ3n) is 8.15. The summed E-state index contributed by atoms with van der Waals surface area (Å²) < 4.78 is 13.5. The minimum absolute atomic E-state index is 0.0138. The highest BCUT2D eigenvalue weighted by Gasteiger charge is 2.53. The van der Waals surface area contributed by atoms with Gasteiger partial charge in [-0.3, -0.25) is 9.80 Å². The maximum atomic E-state index is 10.7. The Hall–Kier alpha value is -1.97. The second-order valence-electron chi connectivity index (χ2n) is 10.2. The van der Waals surface area contributed by atoms with E-state index in [9.17, 15) is 5.11 Å². The normalized spacial score (nSPS) is 23.3. The summed E-state index contributed by atoms with van der Waals surface area (Å²) in [6.45, 7) is 6.81. The van der Waals surface area contributed by atoms with E-state index in [1.165, 1.54) is 27.2 Å². The van der Waals surface area contributed by atoms with Crippen molar-refractivity contribution in [3.05, 3.63) is 46.0 Å². The molecule has 0 bridgehead atoms. The Balaban J connectivity index is 1.40. The zero-order valence-electron chi connectivity index (χ0n) is 20.1. The SMILES string of the molecule is COc1ccc2c3c(n(C)c2c1)[C@@H](CO)N(CC1CCOCC1)CC31CN(Cc2nccs2)C1. The molecule has 1 atom stereocenters. The van der Waals surface area contributed by atoms with E-state index in [1.807, 2.05) is 6.20 Å². The Morgan fingerprint density at radius 2 is 2.06 bits per heavy atom. The average Bonchev–Trinajstić information content (AvgIpc) is 3.45. The van der Waals surface area contributed by atoms with Crippen LogP contribution in [0.1, 0.15) is 35.1 Å². The van der Waals surface area contributed by atoms with E-state index in [1.54, 1.807) is 18.4 Å². The fraction of sp³-hybridized carbons (Fsp3) is 0.577. The lowest BCUT2D eigenvalue weighted by Crippen LogP contribution is -2.66. The molecule has 6 rings (SSSR count). The largest absolute Gasteiger partial charge is 0.497 e. The van der Waals surface area contributed by atoms with E-state index in [-0.39, 0.29) is 18.1 Å². The van der Waals surface area contributed by atoms with Crippen molar-refractivity contribution >= 4 is 22.2 Å². The van der Waals surface area contributed by atoms with Crippen LogP contribution in [-0.2, 0) is 23.7 Å². The third kappa shape index (κ3) is 3.67. The van der Waals surface area contributed by atoms with Crippen LogP contribution in [0.5, 0.6) is 5.75 Å². The number of aromatic nitrogens is 2. The molecule has 1 spiro atoms. The second-order valence-corrected chi connectivity index (χ2v) is 11.2. The molecule has 1 N–H and O–H groups in total. The molecule has 7 nitrogen and oxygen atoms in total. The van der Waals surface area contributed by atoms with Crippen LogP contribution in [0, 0.1) is 5.92 Å². The minimum Gasteiger partial charge on any atom is -0.497 e. The van der Waals surface area contributed by atoms with Crippen molar-refractivity contribution < 1.29 is 14.6 Å². The number of likely N-dealkylation sites (tertiary alicyclic amines) is 1. The summed E-state index contributed by atoms with van der Waals surface area (Å²) in [5.41, 5.74) is 3.97. The highest BCUT2D eigenvalue weighted by atomic mass is 32.1. The van der Waals surface area contributed by atoms with Crippen LogP contribution in [0.3, 0.4) is 0 Å². The lowest BCUT2D eigenvalue weighted by atomic mass is 9.68. The summed E-state index contributed by atoms with van der Waals surface area (Å²) in [6.07, 6.45) is 4.11. The molecule has 1 aromatic carbocycles. The Labute approximate surface area is 204 Å². The Kier molecular flexibility index (Phi) is 5.90. The fourth-order valence-corrected chi connectivity index (χ4v) is 7.28. The van der Waals surface area contributed by atoms with Gasteiger partial charge in [-0.15, -0.1) is 11.3 Å². The van der Waals surface area contributed by atoms with Gasteiger partial charge >= 0.3 is 0 Å². The van der Waals surface area contributed by atoms with Gasteiger partial charge in [0.05, 0.1) is 31.8 Å². The highest BCUT2D eigenvalue weighted by molar-refractivity contribution is 7.09. The number of aliphatic hydroxyl groups excluding tert-OH is 1. The molecule has 3 aliphatic heterocycles. The Bertz CT molecular complexity index is 1150. The Morgan fingerprint density at radius 1 is 1.24 bits per heavy atom. The lowest BCUT2D eigenvalue weighted by Gasteiger charge is -2.57. The molecular weight excluding hydrogens is 448 g/mol. The quantitative estimate of drug-likeness (QED) is 0.582. The van der Waals surface area contributed by atoms with Gasteiger partial charge in [0.2, 0.25) is 0 Å². The summed E-state index contributed by atoms with van der Waals surface area (Å²) in [6, 6.07) is 6.45. The smallest absolute Gasteiger partial charge is 0.120 e. The number of aliphatic hydroxyl groups is 1. The number of methoxy groups -OCH3 is 1. The van der Waals surface area contributed by atoms with Crippen molar-refractivity contribution in [2.45, 2.75) is 30.8 Å². The van der Waals surface area contributed by atoms with Crippen molar-refractivity contribution in [1.82, 2.24) is 19.4 Å². The van der Waals surface area contributed by atoms with Crippen molar-refractivity contribution in [1.29, 1.82) is 0 Å². The second kappa shape index (κ2) is 8.91. The molecule has 34 heavy (non-hydrogen) atoms. The van der Waals surface area contributed by atoms with Gasteiger partial charge in [0.15, 0.2) is 0 Å². The summed E-state index contributed by atoms with van der Waals surface area (Å²) >= 11 is 1.73. The van der Waals surface area contributed by atoms with E-state index in [4.69, 9.17) is 9.47 Å². The third-order valence-corrected chi connectivity index (χ3v) is 8.91. The average molecular weight is 483 g/mol. The van der Waals surface area contributed by atoms with Crippen LogP contribution in [0.4, 0.5) is 0 Å². The molecule has 0 radical (unpaired) electrons. The van der Waals surface area contributed by atoms with Crippen molar-refractivity contribution in [2.24, 2.45) is 13.0 Å². The van der Waals surface area contributed by atoms with E-state index >= 15 is 0 Å². The van der Waals surface area contributed by atoms with E-state index < -0.39 is 0 Å². The number of fused-ring (bicyclic) bond motifs is 4. The molecule has 2 fully saturated rings. The summed E-state index contributed by atoms with van der Waals surface area (Å²) in [7, 11) is 3.88. The number of hydrogen-bond acceptors (Lipinski definition) is 7. The molecule has 5 heterocycles. The van der Waals surface area contributed by atoms with Gasteiger partial charge < -0.3 is 19.1 Å². The molecule has 0 unspecified atom stereocenters. The molecule has 2 saturated heterocycles. The summed E-state index contributed by atoms with van der Waals surface area (Å²) in [5.74, 6) is 1.50. The van der Waals surface area contributed by atoms with Gasteiger partial charge in [0, 0.05) is 80.6 Å². The van der Waals surface area contributed by atoms with Crippen molar-refractivity contribution in [3.63, 3.8) is 0 Å². The zero-order valence-corrected chi connectivity index (χ0v) is 20.9. The molecule has 0 amide bonds. The van der Waals surface area contributed by atoms with Crippen LogP contribution >= 0.6 is 11.3 Å². The molecule has 182 valence electrons. The van der Waals surface area contributed by atoms with Gasteiger partial charge in [0.1, 0.15) is 10.8 Å². The standard InChI is InChI=1S/C26H34N4O3S/c1-28-21-11-19(32-2)3-4-20(21)24-25(28)22(14-31)30(12-18-5-8-33-9-6-18)17-26(24)15-29(16-26)13-23-27-7-10-34-23/h3-4,7,10-11,18,22,31H,5-6,8-9,12-17H2,1-2H3/t22-/m1/s1. The molecule has 3 aromatic rings. The van der Waals surface area contributed by atoms with Gasteiger partial charge in [-0.1, -0.05) is 0 Å². The van der Waals surface area contributed by atoms with E-state index in [0.717, 1.165) is 64.5 Å². The maximum absolute atomic E-state index is 10.7. The highest BCUT2D eigenvalue weighted by Crippen LogP contribution is 2.50. The first-order valence-electron chi connectivity index (χ1n) is 12.3. The van der Waals surface area contributed by atoms with E-state index in [2.05, 4.69) is 50.0 Å². The fourth-order valence-electron chi connectivity index (χ4n) is 6.62. The van der Waals surface area contributed by atoms with Crippen molar-refractivity contribution in [2.75, 3.05) is 53.1 Å². The van der Waals surface area contributed by atoms with Gasteiger partial charge in [-0.25, -0.2) is 4.98 Å². The lowest BCUT2D eigenvalue weighted by molar-refractivity contribution is -0.0248. The summed E-state index contributed by atoms with van der Waals surface area (Å²) in [4.78, 5) is 9.61. The minimum atomic E-state index is 0.0138. The van der Waals surface area contributed by atoms with Gasteiger partial charge in [0.25, 0.3) is 0 Å². The van der Waals surface area contributed by atoms with Gasteiger partial charge in [-0.2, -0.15) is 0 Å². The van der Waals surface area contributed by atoms with Crippen LogP contribution in [0.2, 0.25) is 0 Å². The van der Waals surface area contributed by atoms with Gasteiger partial charge in [-0.05, 0) is 36.5 Å². The van der Waals surface area contributed by atoms with Crippen LogP contribution in [0.15, 0.2) is 29.8 Å². The number of thiazole rings is 1. The molecule has 3 aliphatic rings. The number of rotatable bonds is 6. The zero-order chi connectivity index (χ0) is 23.3. The first-order valence-corrected chi connectivity index (χ1v) is 13.2. The molecule has 0 aliphatic carbocycles. The first-order chi connectivity index (χ1) is 16.6. The number of hydrogen-bond donors (Lipinski definition) is 1. The number of aryl methyl sites for hydroxylation is 1.